The molecule has 0 aliphatic heterocycles. The predicted molar refractivity (Wildman–Crippen MR) is 86.7 cm³/mol. The van der Waals surface area contributed by atoms with E-state index in [0.717, 1.165) is 17.2 Å². The molecule has 0 aliphatic rings. The molecule has 0 radical (unpaired) electrons. The SMILES string of the molecule is CCc1csc(-n2cc(C(=O)NCC/C=C/C(=O)OC)cn2)n1. The first-order valence-electron chi connectivity index (χ1n) is 7.16. The van der Waals surface area contributed by atoms with Gasteiger partial charge in [-0.05, 0) is 12.8 Å². The van der Waals surface area contributed by atoms with Gasteiger partial charge in [-0.15, -0.1) is 11.3 Å². The van der Waals surface area contributed by atoms with Crippen molar-refractivity contribution >= 4 is 23.2 Å². The van der Waals surface area contributed by atoms with Gasteiger partial charge in [-0.2, -0.15) is 5.10 Å². The highest BCUT2D eigenvalue weighted by atomic mass is 32.1. The van der Waals surface area contributed by atoms with Crippen LogP contribution in [-0.2, 0) is 16.0 Å². The van der Waals surface area contributed by atoms with Crippen LogP contribution in [0, 0.1) is 0 Å². The van der Waals surface area contributed by atoms with Crippen LogP contribution < -0.4 is 5.32 Å². The Morgan fingerprint density at radius 2 is 2.30 bits per heavy atom. The summed E-state index contributed by atoms with van der Waals surface area (Å²) in [5.74, 6) is -0.623. The molecule has 1 N–H and O–H groups in total. The summed E-state index contributed by atoms with van der Waals surface area (Å²) in [5, 5.41) is 9.64. The summed E-state index contributed by atoms with van der Waals surface area (Å²) < 4.78 is 6.07. The third kappa shape index (κ3) is 4.75. The fourth-order valence-corrected chi connectivity index (χ4v) is 2.57. The number of nitrogens with one attached hydrogen (secondary N) is 1. The molecule has 122 valence electrons. The van der Waals surface area contributed by atoms with Crippen LogP contribution >= 0.6 is 11.3 Å². The van der Waals surface area contributed by atoms with E-state index in [1.165, 1.54) is 30.7 Å². The lowest BCUT2D eigenvalue weighted by molar-refractivity contribution is -0.134. The molecule has 23 heavy (non-hydrogen) atoms. The second-order valence-corrected chi connectivity index (χ2v) is 5.46. The minimum atomic E-state index is -0.410. The van der Waals surface area contributed by atoms with Gasteiger partial charge in [0.2, 0.25) is 5.13 Å². The van der Waals surface area contributed by atoms with Crippen molar-refractivity contribution in [2.75, 3.05) is 13.7 Å². The molecule has 0 fully saturated rings. The van der Waals surface area contributed by atoms with Crippen molar-refractivity contribution in [2.24, 2.45) is 0 Å². The van der Waals surface area contributed by atoms with Crippen molar-refractivity contribution in [3.8, 4) is 5.13 Å². The van der Waals surface area contributed by atoms with Crippen LogP contribution in [0.1, 0.15) is 29.4 Å². The van der Waals surface area contributed by atoms with E-state index in [4.69, 9.17) is 0 Å². The second-order valence-electron chi connectivity index (χ2n) is 4.62. The largest absolute Gasteiger partial charge is 0.466 e. The lowest BCUT2D eigenvalue weighted by Crippen LogP contribution is -2.23. The molecule has 0 aromatic carbocycles. The minimum absolute atomic E-state index is 0.213. The molecule has 2 heterocycles. The van der Waals surface area contributed by atoms with Gasteiger partial charge in [0.25, 0.3) is 5.91 Å². The molecule has 2 aromatic heterocycles. The molecule has 7 nitrogen and oxygen atoms in total. The summed E-state index contributed by atoms with van der Waals surface area (Å²) >= 11 is 1.49. The Kier molecular flexibility index (Phi) is 6.04. The molecule has 0 unspecified atom stereocenters. The molecule has 0 bridgehead atoms. The highest BCUT2D eigenvalue weighted by Crippen LogP contribution is 2.15. The Balaban J connectivity index is 1.86. The second kappa shape index (κ2) is 8.23. The molecule has 0 aliphatic carbocycles. The van der Waals surface area contributed by atoms with Crippen LogP contribution in [0.15, 0.2) is 29.9 Å². The van der Waals surface area contributed by atoms with E-state index in [1.54, 1.807) is 17.0 Å². The number of amides is 1. The average molecular weight is 334 g/mol. The fraction of sp³-hybridized carbons (Fsp3) is 0.333. The quantitative estimate of drug-likeness (QED) is 0.473. The maximum atomic E-state index is 12.0. The van der Waals surface area contributed by atoms with Gasteiger partial charge in [-0.3, -0.25) is 4.79 Å². The maximum absolute atomic E-state index is 12.0. The van der Waals surface area contributed by atoms with Gasteiger partial charge >= 0.3 is 5.97 Å². The summed E-state index contributed by atoms with van der Waals surface area (Å²) in [6.07, 6.45) is 7.55. The van der Waals surface area contributed by atoms with Gasteiger partial charge < -0.3 is 10.1 Å². The maximum Gasteiger partial charge on any atom is 0.330 e. The Hall–Kier alpha value is -2.48. The lowest BCUT2D eigenvalue weighted by atomic mass is 10.3. The van der Waals surface area contributed by atoms with E-state index in [9.17, 15) is 9.59 Å². The normalized spacial score (nSPS) is 10.9. The topological polar surface area (TPSA) is 86.1 Å². The van der Waals surface area contributed by atoms with Crippen molar-refractivity contribution in [2.45, 2.75) is 19.8 Å². The van der Waals surface area contributed by atoms with E-state index in [1.807, 2.05) is 12.3 Å². The Labute approximate surface area is 138 Å². The van der Waals surface area contributed by atoms with E-state index in [2.05, 4.69) is 20.1 Å². The molecule has 2 aromatic rings. The molecule has 2 rings (SSSR count). The van der Waals surface area contributed by atoms with E-state index in [-0.39, 0.29) is 5.91 Å². The smallest absolute Gasteiger partial charge is 0.330 e. The third-order valence-electron chi connectivity index (χ3n) is 2.99. The number of methoxy groups -OCH3 is 1. The number of carbonyl (C=O) groups is 2. The summed E-state index contributed by atoms with van der Waals surface area (Å²) in [7, 11) is 1.32. The number of hydrogen-bond acceptors (Lipinski definition) is 6. The number of aromatic nitrogens is 3. The van der Waals surface area contributed by atoms with Gasteiger partial charge in [-0.25, -0.2) is 14.5 Å². The van der Waals surface area contributed by atoms with Crippen molar-refractivity contribution in [1.29, 1.82) is 0 Å². The molecule has 0 saturated heterocycles. The Morgan fingerprint density at radius 1 is 1.48 bits per heavy atom. The number of thiazole rings is 1. The highest BCUT2D eigenvalue weighted by molar-refractivity contribution is 7.12. The van der Waals surface area contributed by atoms with E-state index in [0.29, 0.717) is 18.5 Å². The van der Waals surface area contributed by atoms with Gasteiger partial charge in [0, 0.05) is 24.2 Å². The molecular weight excluding hydrogens is 316 g/mol. The van der Waals surface area contributed by atoms with Gasteiger partial charge in [-0.1, -0.05) is 13.0 Å². The Morgan fingerprint density at radius 3 is 3.00 bits per heavy atom. The van der Waals surface area contributed by atoms with Crippen LogP contribution in [0.4, 0.5) is 0 Å². The van der Waals surface area contributed by atoms with Crippen molar-refractivity contribution in [3.05, 3.63) is 41.2 Å². The lowest BCUT2D eigenvalue weighted by Gasteiger charge is -2.00. The molecule has 1 amide bonds. The number of hydrogen-bond donors (Lipinski definition) is 1. The average Bonchev–Trinajstić information content (AvgIpc) is 3.22. The third-order valence-corrected chi connectivity index (χ3v) is 3.87. The van der Waals surface area contributed by atoms with Crippen LogP contribution in [0.2, 0.25) is 0 Å². The number of aryl methyl sites for hydroxylation is 1. The number of rotatable bonds is 7. The van der Waals surface area contributed by atoms with Crippen LogP contribution in [0.25, 0.3) is 5.13 Å². The zero-order valence-corrected chi connectivity index (χ0v) is 13.8. The zero-order chi connectivity index (χ0) is 16.7. The first kappa shape index (κ1) is 16.9. The first-order chi connectivity index (χ1) is 11.1. The summed E-state index contributed by atoms with van der Waals surface area (Å²) in [6, 6.07) is 0. The molecule has 0 saturated carbocycles. The minimum Gasteiger partial charge on any atom is -0.466 e. The molecular formula is C15H18N4O3S. The molecule has 8 heteroatoms. The first-order valence-corrected chi connectivity index (χ1v) is 8.04. The molecule has 0 spiro atoms. The Bertz CT molecular complexity index is 705. The monoisotopic (exact) mass is 334 g/mol. The number of nitrogens with zero attached hydrogens (tertiary/aromatic N) is 3. The highest BCUT2D eigenvalue weighted by Gasteiger charge is 2.10. The summed E-state index contributed by atoms with van der Waals surface area (Å²) in [4.78, 5) is 27.3. The number of esters is 1. The van der Waals surface area contributed by atoms with Crippen LogP contribution in [-0.4, -0.2) is 40.3 Å². The predicted octanol–water partition coefficient (Wildman–Crippen LogP) is 1.74. The van der Waals surface area contributed by atoms with Gasteiger partial charge in [0.05, 0.1) is 24.6 Å². The van der Waals surface area contributed by atoms with Crippen LogP contribution in [0.5, 0.6) is 0 Å². The van der Waals surface area contributed by atoms with Crippen molar-refractivity contribution in [1.82, 2.24) is 20.1 Å². The summed E-state index contributed by atoms with van der Waals surface area (Å²) in [6.45, 7) is 2.46. The van der Waals surface area contributed by atoms with E-state index < -0.39 is 5.97 Å². The van der Waals surface area contributed by atoms with Crippen molar-refractivity contribution in [3.63, 3.8) is 0 Å². The number of carbonyl (C=O) groups excluding carboxylic acids is 2. The van der Waals surface area contributed by atoms with Gasteiger partial charge in [0.15, 0.2) is 0 Å². The van der Waals surface area contributed by atoms with E-state index >= 15 is 0 Å². The standard InChI is InChI=1S/C15H18N4O3S/c1-3-12-10-23-15(18-12)19-9-11(8-17-19)14(21)16-7-5-4-6-13(20)22-2/h4,6,8-10H,3,5,7H2,1-2H3,(H,16,21)/b6-4+. The molecule has 0 atom stereocenters. The van der Waals surface area contributed by atoms with Crippen LogP contribution in [0.3, 0.4) is 0 Å². The van der Waals surface area contributed by atoms with Crippen molar-refractivity contribution < 1.29 is 14.3 Å². The summed E-state index contributed by atoms with van der Waals surface area (Å²) in [5.41, 5.74) is 1.47. The zero-order valence-electron chi connectivity index (χ0n) is 13.0. The van der Waals surface area contributed by atoms with Gasteiger partial charge in [0.1, 0.15) is 0 Å². The fourth-order valence-electron chi connectivity index (χ4n) is 1.73. The number of ether oxygens (including phenoxy) is 1.